The number of hydrogen-bond acceptors (Lipinski definition) is 3. The van der Waals surface area contributed by atoms with Crippen molar-refractivity contribution in [2.45, 2.75) is 19.4 Å². The third kappa shape index (κ3) is 2.55. The Morgan fingerprint density at radius 1 is 1.32 bits per heavy atom. The molecule has 0 saturated carbocycles. The molecule has 0 aliphatic carbocycles. The van der Waals surface area contributed by atoms with Crippen LogP contribution in [0.15, 0.2) is 30.6 Å². The second kappa shape index (κ2) is 5.77. The van der Waals surface area contributed by atoms with Gasteiger partial charge < -0.3 is 4.90 Å². The number of carbonyl (C=O) groups is 1. The molecule has 0 saturated heterocycles. The molecule has 2 aromatic heterocycles. The highest BCUT2D eigenvalue weighted by molar-refractivity contribution is 6.30. The molecule has 3 heterocycles. The van der Waals surface area contributed by atoms with Gasteiger partial charge in [0.25, 0.3) is 5.91 Å². The van der Waals surface area contributed by atoms with E-state index in [9.17, 15) is 13.6 Å². The topological polar surface area (TPSA) is 50.5 Å². The van der Waals surface area contributed by atoms with Crippen molar-refractivity contribution < 1.29 is 13.6 Å². The fraction of sp³-hybridized carbons (Fsp3) is 0.235. The molecule has 1 aliphatic rings. The van der Waals surface area contributed by atoms with Crippen LogP contribution in [-0.2, 0) is 6.42 Å². The molecule has 5 nitrogen and oxygen atoms in total. The number of halogens is 3. The van der Waals surface area contributed by atoms with Crippen LogP contribution in [0.5, 0.6) is 0 Å². The summed E-state index contributed by atoms with van der Waals surface area (Å²) in [5.41, 5.74) is 1.22. The molecule has 0 spiro atoms. The summed E-state index contributed by atoms with van der Waals surface area (Å²) in [5, 5.41) is 4.59. The number of hydrogen-bond donors (Lipinski definition) is 0. The Labute approximate surface area is 146 Å². The maximum atomic E-state index is 14.2. The second-order valence-electron chi connectivity index (χ2n) is 5.95. The van der Waals surface area contributed by atoms with Crippen LogP contribution in [-0.4, -0.2) is 31.9 Å². The van der Waals surface area contributed by atoms with Crippen LogP contribution in [0.25, 0.3) is 5.65 Å². The van der Waals surface area contributed by atoms with Gasteiger partial charge in [-0.25, -0.2) is 18.3 Å². The molecule has 1 unspecified atom stereocenters. The zero-order valence-electron chi connectivity index (χ0n) is 13.2. The first-order chi connectivity index (χ1) is 12.0. The number of amides is 1. The highest BCUT2D eigenvalue weighted by Gasteiger charge is 2.33. The van der Waals surface area contributed by atoms with Gasteiger partial charge >= 0.3 is 0 Å². The molecule has 25 heavy (non-hydrogen) atoms. The zero-order chi connectivity index (χ0) is 17.7. The molecule has 0 radical (unpaired) electrons. The molecule has 0 bridgehead atoms. The first-order valence-corrected chi connectivity index (χ1v) is 8.12. The van der Waals surface area contributed by atoms with Crippen molar-refractivity contribution in [3.63, 3.8) is 0 Å². The van der Waals surface area contributed by atoms with Gasteiger partial charge in [-0.05, 0) is 31.0 Å². The average molecular weight is 363 g/mol. The minimum Gasteiger partial charge on any atom is -0.330 e. The Bertz CT molecular complexity index is 1000. The van der Waals surface area contributed by atoms with Crippen molar-refractivity contribution in [1.29, 1.82) is 0 Å². The van der Waals surface area contributed by atoms with Gasteiger partial charge in [0.1, 0.15) is 11.6 Å². The molecule has 3 aromatic rings. The molecular formula is C17H13ClF2N4O. The summed E-state index contributed by atoms with van der Waals surface area (Å²) in [4.78, 5) is 18.4. The maximum absolute atomic E-state index is 14.2. The lowest BCUT2D eigenvalue weighted by Crippen LogP contribution is -2.40. The van der Waals surface area contributed by atoms with E-state index in [0.717, 1.165) is 12.1 Å². The highest BCUT2D eigenvalue weighted by atomic mass is 35.5. The number of nitrogens with zero attached hydrogens (tertiary/aromatic N) is 4. The Balaban J connectivity index is 1.71. The Morgan fingerprint density at radius 3 is 2.88 bits per heavy atom. The van der Waals surface area contributed by atoms with E-state index < -0.39 is 17.7 Å². The standard InChI is InChI=1S/C17H13ClF2N4O/c1-9-16-11(12(19)2-3-13(16)20)4-5-23(9)17(25)14-6-15-21-7-10(18)8-24(15)22-14/h2-3,6-9H,4-5H2,1H3. The fourth-order valence-corrected chi connectivity index (χ4v) is 3.42. The van der Waals surface area contributed by atoms with Gasteiger partial charge in [0.2, 0.25) is 0 Å². The monoisotopic (exact) mass is 362 g/mol. The molecular weight excluding hydrogens is 350 g/mol. The number of fused-ring (bicyclic) bond motifs is 2. The van der Waals surface area contributed by atoms with Gasteiger partial charge in [-0.3, -0.25) is 4.79 Å². The number of aromatic nitrogens is 3. The predicted octanol–water partition coefficient (Wildman–Crippen LogP) is 3.42. The van der Waals surface area contributed by atoms with Crippen molar-refractivity contribution >= 4 is 23.2 Å². The number of carbonyl (C=O) groups excluding carboxylic acids is 1. The van der Waals surface area contributed by atoms with E-state index in [2.05, 4.69) is 10.1 Å². The van der Waals surface area contributed by atoms with Crippen LogP contribution in [0.1, 0.15) is 34.6 Å². The van der Waals surface area contributed by atoms with Crippen LogP contribution >= 0.6 is 11.6 Å². The quantitative estimate of drug-likeness (QED) is 0.666. The lowest BCUT2D eigenvalue weighted by molar-refractivity contribution is 0.0665. The Kier molecular flexibility index (Phi) is 3.68. The smallest absolute Gasteiger partial charge is 0.274 e. The zero-order valence-corrected chi connectivity index (χ0v) is 14.0. The molecule has 128 valence electrons. The first-order valence-electron chi connectivity index (χ1n) is 7.74. The van der Waals surface area contributed by atoms with Gasteiger partial charge in [-0.1, -0.05) is 11.6 Å². The predicted molar refractivity (Wildman–Crippen MR) is 87.5 cm³/mol. The van der Waals surface area contributed by atoms with E-state index in [1.165, 1.54) is 15.6 Å². The van der Waals surface area contributed by atoms with Crippen molar-refractivity contribution in [1.82, 2.24) is 19.5 Å². The summed E-state index contributed by atoms with van der Waals surface area (Å²) >= 11 is 5.87. The van der Waals surface area contributed by atoms with Crippen LogP contribution in [0.3, 0.4) is 0 Å². The molecule has 1 aliphatic heterocycles. The lowest BCUT2D eigenvalue weighted by atomic mass is 9.92. The van der Waals surface area contributed by atoms with Crippen molar-refractivity contribution in [3.05, 3.63) is 64.1 Å². The fourth-order valence-electron chi connectivity index (χ4n) is 3.28. The maximum Gasteiger partial charge on any atom is 0.274 e. The molecule has 4 rings (SSSR count). The van der Waals surface area contributed by atoms with Crippen molar-refractivity contribution in [3.8, 4) is 0 Å². The Morgan fingerprint density at radius 2 is 2.08 bits per heavy atom. The van der Waals surface area contributed by atoms with E-state index in [-0.39, 0.29) is 30.1 Å². The van der Waals surface area contributed by atoms with Crippen LogP contribution in [0.4, 0.5) is 8.78 Å². The first kappa shape index (κ1) is 16.0. The SMILES string of the molecule is CC1c2c(F)ccc(F)c2CCN1C(=O)c1cc2ncc(Cl)cn2n1. The third-order valence-corrected chi connectivity index (χ3v) is 4.69. The van der Waals surface area contributed by atoms with Gasteiger partial charge in [0.15, 0.2) is 11.3 Å². The van der Waals surface area contributed by atoms with Gasteiger partial charge in [-0.2, -0.15) is 5.10 Å². The van der Waals surface area contributed by atoms with E-state index in [0.29, 0.717) is 16.2 Å². The molecule has 1 amide bonds. The summed E-state index contributed by atoms with van der Waals surface area (Å²) in [5.74, 6) is -1.31. The van der Waals surface area contributed by atoms with Crippen molar-refractivity contribution in [2.24, 2.45) is 0 Å². The van der Waals surface area contributed by atoms with Gasteiger partial charge in [0, 0.05) is 24.4 Å². The van der Waals surface area contributed by atoms with Crippen LogP contribution in [0.2, 0.25) is 5.02 Å². The minimum atomic E-state index is -0.590. The van der Waals surface area contributed by atoms with Crippen molar-refractivity contribution in [2.75, 3.05) is 6.54 Å². The summed E-state index contributed by atoms with van der Waals surface area (Å²) < 4.78 is 29.6. The summed E-state index contributed by atoms with van der Waals surface area (Å²) in [6, 6.07) is 3.17. The summed E-state index contributed by atoms with van der Waals surface area (Å²) in [7, 11) is 0. The molecule has 1 atom stereocenters. The summed E-state index contributed by atoms with van der Waals surface area (Å²) in [6.45, 7) is 1.97. The average Bonchev–Trinajstić information content (AvgIpc) is 3.00. The number of benzene rings is 1. The van der Waals surface area contributed by atoms with Gasteiger partial charge in [-0.15, -0.1) is 0 Å². The minimum absolute atomic E-state index is 0.182. The largest absolute Gasteiger partial charge is 0.330 e. The lowest BCUT2D eigenvalue weighted by Gasteiger charge is -2.35. The molecule has 0 N–H and O–H groups in total. The third-order valence-electron chi connectivity index (χ3n) is 4.50. The molecule has 8 heteroatoms. The van der Waals surface area contributed by atoms with Gasteiger partial charge in [0.05, 0.1) is 17.3 Å². The van der Waals surface area contributed by atoms with Crippen LogP contribution < -0.4 is 0 Å². The summed E-state index contributed by atoms with van der Waals surface area (Å²) in [6.07, 6.45) is 3.27. The van der Waals surface area contributed by atoms with E-state index in [1.807, 2.05) is 0 Å². The number of rotatable bonds is 1. The Hall–Kier alpha value is -2.54. The molecule has 1 aromatic carbocycles. The molecule has 0 fully saturated rings. The van der Waals surface area contributed by atoms with E-state index >= 15 is 0 Å². The second-order valence-corrected chi connectivity index (χ2v) is 6.39. The van der Waals surface area contributed by atoms with E-state index in [4.69, 9.17) is 11.6 Å². The highest BCUT2D eigenvalue weighted by Crippen LogP contribution is 2.33. The van der Waals surface area contributed by atoms with Crippen LogP contribution in [0, 0.1) is 11.6 Å². The normalized spacial score (nSPS) is 17.0. The van der Waals surface area contributed by atoms with E-state index in [1.54, 1.807) is 19.2 Å².